The summed E-state index contributed by atoms with van der Waals surface area (Å²) in [5, 5.41) is 0. The van der Waals surface area contributed by atoms with Crippen LogP contribution in [0, 0.1) is 11.8 Å². The lowest BCUT2D eigenvalue weighted by molar-refractivity contribution is -0.152. The van der Waals surface area contributed by atoms with Gasteiger partial charge in [0, 0.05) is 31.2 Å². The van der Waals surface area contributed by atoms with Crippen molar-refractivity contribution in [2.75, 3.05) is 27.6 Å². The molecule has 5 rings (SSSR count). The minimum atomic E-state index is -0.700. The van der Waals surface area contributed by atoms with Gasteiger partial charge in [-0.2, -0.15) is 0 Å². The monoisotopic (exact) mass is 484 g/mol. The molecule has 10 nitrogen and oxygen atoms in total. The molecule has 2 aromatic rings. The molecular weight excluding hydrogens is 460 g/mol. The predicted molar refractivity (Wildman–Crippen MR) is 118 cm³/mol. The van der Waals surface area contributed by atoms with Crippen LogP contribution >= 0.6 is 0 Å². The number of cyclic esters (lactones) is 1. The van der Waals surface area contributed by atoms with E-state index in [1.807, 2.05) is 0 Å². The quantitative estimate of drug-likeness (QED) is 0.463. The Kier molecular flexibility index (Phi) is 5.66. The number of fused-ring (bicyclic) bond motifs is 3. The fraction of sp³-hybridized carbons (Fsp3) is 0.400. The van der Waals surface area contributed by atoms with E-state index in [4.69, 9.17) is 33.2 Å². The molecule has 0 saturated carbocycles. The van der Waals surface area contributed by atoms with Gasteiger partial charge in [-0.05, 0) is 35.4 Å². The van der Waals surface area contributed by atoms with E-state index in [-0.39, 0.29) is 30.6 Å². The van der Waals surface area contributed by atoms with Crippen LogP contribution in [-0.2, 0) is 23.9 Å². The summed E-state index contributed by atoms with van der Waals surface area (Å²) in [4.78, 5) is 36.7. The second kappa shape index (κ2) is 8.68. The van der Waals surface area contributed by atoms with Crippen molar-refractivity contribution in [1.29, 1.82) is 0 Å². The fourth-order valence-electron chi connectivity index (χ4n) is 5.17. The number of benzene rings is 2. The molecule has 2 aromatic carbocycles. The summed E-state index contributed by atoms with van der Waals surface area (Å²) in [5.41, 5.74) is 2.10. The average molecular weight is 484 g/mol. The van der Waals surface area contributed by atoms with Crippen LogP contribution in [-0.4, -0.2) is 45.5 Å². The Morgan fingerprint density at radius 2 is 1.51 bits per heavy atom. The van der Waals surface area contributed by atoms with Gasteiger partial charge in [-0.1, -0.05) is 0 Å². The molecule has 2 heterocycles. The van der Waals surface area contributed by atoms with Gasteiger partial charge in [-0.25, -0.2) is 0 Å². The normalized spacial score (nSPS) is 23.6. The maximum absolute atomic E-state index is 13.0. The molecule has 1 aliphatic carbocycles. The van der Waals surface area contributed by atoms with Gasteiger partial charge in [0.1, 0.15) is 6.10 Å². The van der Waals surface area contributed by atoms with Gasteiger partial charge in [0.25, 0.3) is 0 Å². The van der Waals surface area contributed by atoms with Crippen molar-refractivity contribution in [2.45, 2.75) is 25.9 Å². The summed E-state index contributed by atoms with van der Waals surface area (Å²) >= 11 is 0. The van der Waals surface area contributed by atoms with Crippen molar-refractivity contribution in [3.05, 3.63) is 41.0 Å². The summed E-state index contributed by atoms with van der Waals surface area (Å²) in [7, 11) is 2.89. The highest BCUT2D eigenvalue weighted by Gasteiger charge is 2.54. The van der Waals surface area contributed by atoms with Crippen molar-refractivity contribution in [3.8, 4) is 28.7 Å². The summed E-state index contributed by atoms with van der Waals surface area (Å²) in [6, 6.07) is 7.00. The van der Waals surface area contributed by atoms with Gasteiger partial charge in [-0.3, -0.25) is 14.4 Å². The number of esters is 3. The Morgan fingerprint density at radius 3 is 2.09 bits per heavy atom. The largest absolute Gasteiger partial charge is 0.493 e. The first-order valence-corrected chi connectivity index (χ1v) is 11.0. The molecule has 0 spiro atoms. The highest BCUT2D eigenvalue weighted by molar-refractivity contribution is 5.79. The molecule has 3 aliphatic rings. The maximum Gasteiger partial charge on any atom is 0.310 e. The smallest absolute Gasteiger partial charge is 0.310 e. The molecule has 0 aromatic heterocycles. The molecule has 1 saturated heterocycles. The van der Waals surface area contributed by atoms with Crippen molar-refractivity contribution in [1.82, 2.24) is 0 Å². The van der Waals surface area contributed by atoms with Crippen LogP contribution in [0.5, 0.6) is 28.7 Å². The highest BCUT2D eigenvalue weighted by atomic mass is 16.7. The molecular formula is C25H24O10. The second-order valence-electron chi connectivity index (χ2n) is 8.51. The van der Waals surface area contributed by atoms with E-state index in [9.17, 15) is 14.4 Å². The van der Waals surface area contributed by atoms with Gasteiger partial charge in [0.05, 0.1) is 26.7 Å². The van der Waals surface area contributed by atoms with Crippen LogP contribution < -0.4 is 23.7 Å². The molecule has 0 bridgehead atoms. The topological polar surface area (TPSA) is 116 Å². The van der Waals surface area contributed by atoms with Crippen LogP contribution in [0.25, 0.3) is 0 Å². The third kappa shape index (κ3) is 3.78. The lowest BCUT2D eigenvalue weighted by Crippen LogP contribution is -2.36. The first kappa shape index (κ1) is 22.8. The first-order chi connectivity index (χ1) is 16.8. The molecule has 0 N–H and O–H groups in total. The van der Waals surface area contributed by atoms with E-state index in [2.05, 4.69) is 0 Å². The van der Waals surface area contributed by atoms with Crippen molar-refractivity contribution < 1.29 is 47.5 Å². The van der Waals surface area contributed by atoms with E-state index in [0.29, 0.717) is 22.6 Å². The summed E-state index contributed by atoms with van der Waals surface area (Å²) in [6.45, 7) is 2.77. The van der Waals surface area contributed by atoms with Crippen molar-refractivity contribution in [3.63, 3.8) is 0 Å². The fourth-order valence-corrected chi connectivity index (χ4v) is 5.17. The zero-order chi connectivity index (χ0) is 24.9. The zero-order valence-corrected chi connectivity index (χ0v) is 19.6. The van der Waals surface area contributed by atoms with E-state index >= 15 is 0 Å². The lowest BCUT2D eigenvalue weighted by Gasteiger charge is -2.38. The second-order valence-corrected chi connectivity index (χ2v) is 8.51. The van der Waals surface area contributed by atoms with Crippen molar-refractivity contribution >= 4 is 17.9 Å². The summed E-state index contributed by atoms with van der Waals surface area (Å²) < 4.78 is 38.7. The molecule has 0 amide bonds. The van der Waals surface area contributed by atoms with E-state index < -0.39 is 41.8 Å². The number of hydrogen-bond donors (Lipinski definition) is 0. The Balaban J connectivity index is 1.73. The predicted octanol–water partition coefficient (Wildman–Crippen LogP) is 2.90. The highest BCUT2D eigenvalue weighted by Crippen LogP contribution is 2.56. The zero-order valence-electron chi connectivity index (χ0n) is 19.6. The minimum absolute atomic E-state index is 0.0642. The number of carbonyl (C=O) groups is 3. The van der Waals surface area contributed by atoms with Crippen LogP contribution in [0.1, 0.15) is 42.6 Å². The van der Waals surface area contributed by atoms with Gasteiger partial charge in [-0.15, -0.1) is 0 Å². The van der Waals surface area contributed by atoms with Crippen LogP contribution in [0.3, 0.4) is 0 Å². The molecule has 1 fully saturated rings. The lowest BCUT2D eigenvalue weighted by atomic mass is 9.66. The molecule has 2 aliphatic heterocycles. The van der Waals surface area contributed by atoms with Gasteiger partial charge in [0.15, 0.2) is 23.0 Å². The van der Waals surface area contributed by atoms with Crippen LogP contribution in [0.4, 0.5) is 0 Å². The maximum atomic E-state index is 13.0. The van der Waals surface area contributed by atoms with Crippen LogP contribution in [0.15, 0.2) is 24.3 Å². The SMILES string of the molecule is COc1cc([C@@H]2c3cc4c(cc3[C@@H](OC(C)=O)[C@H]3COC(=O)[C@H]23)OCO4)cc(OC)c1OC(C)=O. The van der Waals surface area contributed by atoms with E-state index in [1.165, 1.54) is 28.1 Å². The molecule has 0 unspecified atom stereocenters. The molecule has 35 heavy (non-hydrogen) atoms. The number of carbonyl (C=O) groups excluding carboxylic acids is 3. The molecule has 4 atom stereocenters. The number of rotatable bonds is 5. The van der Waals surface area contributed by atoms with E-state index in [1.54, 1.807) is 24.3 Å². The number of ether oxygens (including phenoxy) is 7. The Labute approximate surface area is 200 Å². The third-order valence-corrected chi connectivity index (χ3v) is 6.50. The number of hydrogen-bond acceptors (Lipinski definition) is 10. The summed E-state index contributed by atoms with van der Waals surface area (Å²) in [5.74, 6) is -1.27. The standard InChI is InChI=1S/C25H24O10/c1-11(26)34-23-15-8-18-17(32-10-33-18)7-14(15)21(22-16(23)9-31-25(22)28)13-5-19(29-3)24(35-12(2)27)20(6-13)30-4/h5-8,16,21-23H,9-10H2,1-4H3/t16-,21+,22-,23+/m0/s1. The van der Waals surface area contributed by atoms with Gasteiger partial charge < -0.3 is 33.2 Å². The van der Waals surface area contributed by atoms with Crippen molar-refractivity contribution in [2.24, 2.45) is 11.8 Å². The summed E-state index contributed by atoms with van der Waals surface area (Å²) in [6.07, 6.45) is -0.700. The Bertz CT molecular complexity index is 1190. The first-order valence-electron chi connectivity index (χ1n) is 11.0. The minimum Gasteiger partial charge on any atom is -0.493 e. The van der Waals surface area contributed by atoms with Crippen LogP contribution in [0.2, 0.25) is 0 Å². The molecule has 10 heteroatoms. The van der Waals surface area contributed by atoms with Gasteiger partial charge >= 0.3 is 17.9 Å². The Morgan fingerprint density at radius 1 is 0.886 bits per heavy atom. The molecule has 184 valence electrons. The average Bonchev–Trinajstić information content (AvgIpc) is 3.44. The Hall–Kier alpha value is -3.95. The molecule has 0 radical (unpaired) electrons. The third-order valence-electron chi connectivity index (χ3n) is 6.50. The van der Waals surface area contributed by atoms with Gasteiger partial charge in [0.2, 0.25) is 12.5 Å². The van der Waals surface area contributed by atoms with E-state index in [0.717, 1.165) is 5.56 Å². The number of methoxy groups -OCH3 is 2.